The molecule has 0 spiro atoms. The molecule has 1 N–H and O–H groups in total. The predicted molar refractivity (Wildman–Crippen MR) is 145 cm³/mol. The summed E-state index contributed by atoms with van der Waals surface area (Å²) < 4.78 is 12.0. The summed E-state index contributed by atoms with van der Waals surface area (Å²) >= 11 is 0. The van der Waals surface area contributed by atoms with E-state index in [0.29, 0.717) is 6.61 Å². The highest BCUT2D eigenvalue weighted by molar-refractivity contribution is 6.06. The van der Waals surface area contributed by atoms with Gasteiger partial charge in [-0.05, 0) is 69.2 Å². The lowest BCUT2D eigenvalue weighted by Crippen LogP contribution is -2.10. The second-order valence-corrected chi connectivity index (χ2v) is 8.96. The number of hydrogen-bond acceptors (Lipinski definition) is 4. The van der Waals surface area contributed by atoms with Crippen molar-refractivity contribution in [3.8, 4) is 16.9 Å². The van der Waals surface area contributed by atoms with Crippen LogP contribution in [0.5, 0.6) is 5.75 Å². The fraction of sp³-hybridized carbons (Fsp3) is 0.233. The Hall–Kier alpha value is -3.99. The summed E-state index contributed by atoms with van der Waals surface area (Å²) in [7, 11) is 3.97. The number of carbonyl (C=O) groups is 1. The van der Waals surface area contributed by atoms with Crippen molar-refractivity contribution in [2.75, 3.05) is 30.9 Å². The number of hydrogen-bond donors (Lipinski definition) is 1. The molecular formula is C30H32N2O3. The van der Waals surface area contributed by atoms with Crippen molar-refractivity contribution in [2.45, 2.75) is 27.7 Å². The van der Waals surface area contributed by atoms with E-state index in [4.69, 9.17) is 9.15 Å². The zero-order chi connectivity index (χ0) is 25.1. The van der Waals surface area contributed by atoms with Crippen molar-refractivity contribution in [1.29, 1.82) is 0 Å². The lowest BCUT2D eigenvalue weighted by atomic mass is 9.96. The molecule has 4 aromatic rings. The Balaban J connectivity index is 1.72. The van der Waals surface area contributed by atoms with Gasteiger partial charge in [-0.3, -0.25) is 4.79 Å². The Bertz CT molecular complexity index is 1380. The first-order valence-corrected chi connectivity index (χ1v) is 11.8. The first-order valence-electron chi connectivity index (χ1n) is 11.8. The number of furan rings is 1. The Morgan fingerprint density at radius 3 is 2.37 bits per heavy atom. The molecule has 0 saturated heterocycles. The monoisotopic (exact) mass is 468 g/mol. The Kier molecular flexibility index (Phi) is 6.97. The molecule has 0 unspecified atom stereocenters. The minimum absolute atomic E-state index is 0.189. The molecule has 0 aliphatic heterocycles. The highest BCUT2D eigenvalue weighted by Gasteiger charge is 2.19. The number of amides is 1. The molecule has 0 aliphatic carbocycles. The summed E-state index contributed by atoms with van der Waals surface area (Å²) in [6, 6.07) is 18.2. The maximum atomic E-state index is 12.8. The van der Waals surface area contributed by atoms with Gasteiger partial charge in [-0.2, -0.15) is 0 Å². The number of fused-ring (bicyclic) bond motifs is 1. The summed E-state index contributed by atoms with van der Waals surface area (Å²) in [5, 5.41) is 3.95. The number of nitrogens with one attached hydrogen (secondary N) is 1. The molecule has 5 heteroatoms. The van der Waals surface area contributed by atoms with E-state index in [0.717, 1.165) is 55.9 Å². The third kappa shape index (κ3) is 5.09. The topological polar surface area (TPSA) is 54.7 Å². The zero-order valence-corrected chi connectivity index (χ0v) is 21.2. The van der Waals surface area contributed by atoms with E-state index in [9.17, 15) is 4.79 Å². The van der Waals surface area contributed by atoms with Gasteiger partial charge >= 0.3 is 0 Å². The summed E-state index contributed by atoms with van der Waals surface area (Å²) in [6.07, 6.45) is 3.42. The van der Waals surface area contributed by atoms with Crippen LogP contribution in [0.2, 0.25) is 0 Å². The number of ether oxygens (including phenoxy) is 1. The van der Waals surface area contributed by atoms with Gasteiger partial charge in [-0.15, -0.1) is 0 Å². The fourth-order valence-corrected chi connectivity index (χ4v) is 4.19. The minimum Gasteiger partial charge on any atom is -0.493 e. The van der Waals surface area contributed by atoms with Gasteiger partial charge < -0.3 is 19.4 Å². The van der Waals surface area contributed by atoms with E-state index in [1.165, 1.54) is 5.56 Å². The molecule has 4 rings (SSSR count). The van der Waals surface area contributed by atoms with E-state index in [1.54, 1.807) is 12.3 Å². The van der Waals surface area contributed by atoms with Crippen LogP contribution in [0, 0.1) is 13.8 Å². The molecule has 1 amide bonds. The molecule has 180 valence electrons. The molecule has 0 fully saturated rings. The number of aryl methyl sites for hydroxylation is 2. The van der Waals surface area contributed by atoms with Crippen molar-refractivity contribution in [2.24, 2.45) is 0 Å². The smallest absolute Gasteiger partial charge is 0.248 e. The molecular weight excluding hydrogens is 436 g/mol. The maximum Gasteiger partial charge on any atom is 0.248 e. The van der Waals surface area contributed by atoms with Gasteiger partial charge in [-0.25, -0.2) is 0 Å². The van der Waals surface area contributed by atoms with E-state index < -0.39 is 0 Å². The molecule has 1 aromatic heterocycles. The summed E-state index contributed by atoms with van der Waals surface area (Å²) in [6.45, 7) is 8.48. The molecule has 5 nitrogen and oxygen atoms in total. The van der Waals surface area contributed by atoms with Crippen LogP contribution >= 0.6 is 0 Å². The molecule has 0 aliphatic rings. The van der Waals surface area contributed by atoms with E-state index in [1.807, 2.05) is 64.0 Å². The SMILES string of the molecule is CCOc1c(/C(C)=C/C(=O)Nc2ccc(N(C)C)cc2)cc2c(-c3ccc(C)cc3)coc2c1C. The van der Waals surface area contributed by atoms with Crippen molar-refractivity contribution in [1.82, 2.24) is 0 Å². The molecule has 1 heterocycles. The van der Waals surface area contributed by atoms with Gasteiger partial charge in [0.05, 0.1) is 12.9 Å². The second-order valence-electron chi connectivity index (χ2n) is 8.96. The number of anilines is 2. The number of carbonyl (C=O) groups excluding carboxylic acids is 1. The van der Waals surface area contributed by atoms with Gasteiger partial charge in [0.15, 0.2) is 0 Å². The van der Waals surface area contributed by atoms with Gasteiger partial charge in [-0.1, -0.05) is 29.8 Å². The van der Waals surface area contributed by atoms with Crippen LogP contribution in [0.25, 0.3) is 27.7 Å². The van der Waals surface area contributed by atoms with Crippen molar-refractivity contribution in [3.63, 3.8) is 0 Å². The number of rotatable bonds is 7. The first-order chi connectivity index (χ1) is 16.8. The van der Waals surface area contributed by atoms with E-state index in [-0.39, 0.29) is 5.91 Å². The average Bonchev–Trinajstić information content (AvgIpc) is 3.26. The minimum atomic E-state index is -0.189. The normalized spacial score (nSPS) is 11.5. The Morgan fingerprint density at radius 1 is 1.06 bits per heavy atom. The average molecular weight is 469 g/mol. The van der Waals surface area contributed by atoms with Gasteiger partial charge in [0.2, 0.25) is 5.91 Å². The molecule has 0 atom stereocenters. The van der Waals surface area contributed by atoms with Crippen LogP contribution in [-0.2, 0) is 4.79 Å². The zero-order valence-electron chi connectivity index (χ0n) is 21.2. The second kappa shape index (κ2) is 10.1. The van der Waals surface area contributed by atoms with Crippen LogP contribution in [0.15, 0.2) is 71.4 Å². The van der Waals surface area contributed by atoms with Crippen LogP contribution in [0.1, 0.15) is 30.5 Å². The molecule has 35 heavy (non-hydrogen) atoms. The van der Waals surface area contributed by atoms with Gasteiger partial charge in [0, 0.05) is 53.6 Å². The first kappa shape index (κ1) is 24.1. The van der Waals surface area contributed by atoms with Gasteiger partial charge in [0.25, 0.3) is 0 Å². The highest BCUT2D eigenvalue weighted by atomic mass is 16.5. The van der Waals surface area contributed by atoms with Crippen LogP contribution in [0.3, 0.4) is 0 Å². The lowest BCUT2D eigenvalue weighted by molar-refractivity contribution is -0.111. The van der Waals surface area contributed by atoms with Crippen molar-refractivity contribution < 1.29 is 13.9 Å². The third-order valence-electron chi connectivity index (χ3n) is 6.12. The van der Waals surface area contributed by atoms with Crippen LogP contribution in [0.4, 0.5) is 11.4 Å². The van der Waals surface area contributed by atoms with E-state index in [2.05, 4.69) is 42.6 Å². The number of allylic oxidation sites excluding steroid dienone is 1. The fourth-order valence-electron chi connectivity index (χ4n) is 4.19. The quantitative estimate of drug-likeness (QED) is 0.291. The predicted octanol–water partition coefficient (Wildman–Crippen LogP) is 7.22. The molecule has 0 bridgehead atoms. The van der Waals surface area contributed by atoms with E-state index >= 15 is 0 Å². The number of benzene rings is 3. The summed E-state index contributed by atoms with van der Waals surface area (Å²) in [5.41, 5.74) is 8.55. The van der Waals surface area contributed by atoms with Gasteiger partial charge in [0.1, 0.15) is 11.3 Å². The largest absolute Gasteiger partial charge is 0.493 e. The summed E-state index contributed by atoms with van der Waals surface area (Å²) in [5.74, 6) is 0.549. The van der Waals surface area contributed by atoms with Crippen LogP contribution in [-0.4, -0.2) is 26.6 Å². The molecule has 0 saturated carbocycles. The molecule has 0 radical (unpaired) electrons. The maximum absolute atomic E-state index is 12.8. The van der Waals surface area contributed by atoms with Crippen LogP contribution < -0.4 is 15.0 Å². The molecule has 3 aromatic carbocycles. The Morgan fingerprint density at radius 2 is 1.74 bits per heavy atom. The Labute approximate surface area is 207 Å². The third-order valence-corrected chi connectivity index (χ3v) is 6.12. The highest BCUT2D eigenvalue weighted by Crippen LogP contribution is 2.40. The number of nitrogens with zero attached hydrogens (tertiary/aromatic N) is 1. The summed E-state index contributed by atoms with van der Waals surface area (Å²) in [4.78, 5) is 14.9. The lowest BCUT2D eigenvalue weighted by Gasteiger charge is -2.15. The van der Waals surface area contributed by atoms with Crippen molar-refractivity contribution in [3.05, 3.63) is 83.6 Å². The van der Waals surface area contributed by atoms with Crippen molar-refractivity contribution >= 4 is 33.8 Å². The standard InChI is InChI=1S/C30H32N2O3/c1-7-34-29-21(4)30-26(27(18-35-30)22-10-8-19(2)9-11-22)17-25(29)20(3)16-28(33)31-23-12-14-24(15-13-23)32(5)6/h8-18H,7H2,1-6H3,(H,31,33)/b20-16+.